The highest BCUT2D eigenvalue weighted by Crippen LogP contribution is 2.54. The molecule has 0 spiro atoms. The summed E-state index contributed by atoms with van der Waals surface area (Å²) in [6.07, 6.45) is 1.12. The van der Waals surface area contributed by atoms with E-state index in [-0.39, 0.29) is 16.2 Å². The molecule has 0 saturated carbocycles. The van der Waals surface area contributed by atoms with Crippen molar-refractivity contribution in [3.8, 4) is 22.5 Å². The van der Waals surface area contributed by atoms with Gasteiger partial charge in [-0.25, -0.2) is 0 Å². The molecule has 0 saturated heterocycles. The van der Waals surface area contributed by atoms with Gasteiger partial charge in [0, 0.05) is 49.7 Å². The lowest BCUT2D eigenvalue weighted by Gasteiger charge is -2.29. The van der Waals surface area contributed by atoms with Crippen molar-refractivity contribution in [2.24, 2.45) is 0 Å². The largest absolute Gasteiger partial charge is 0.310 e. The van der Waals surface area contributed by atoms with Crippen molar-refractivity contribution in [2.75, 3.05) is 4.90 Å². The van der Waals surface area contributed by atoms with Gasteiger partial charge in [0.2, 0.25) is 0 Å². The third-order valence-electron chi connectivity index (χ3n) is 14.2. The van der Waals surface area contributed by atoms with Crippen LogP contribution in [0.5, 0.6) is 0 Å². The molecule has 12 rings (SSSR count). The number of nitrogens with zero attached hydrogens (tertiary/aromatic N) is 3. The Labute approximate surface area is 358 Å². The highest BCUT2D eigenvalue weighted by atomic mass is 15.1. The third-order valence-corrected chi connectivity index (χ3v) is 14.2. The first kappa shape index (κ1) is 36.0. The van der Waals surface area contributed by atoms with E-state index in [0.29, 0.717) is 0 Å². The predicted molar refractivity (Wildman–Crippen MR) is 258 cm³/mol. The smallest absolute Gasteiger partial charge is 0.0542 e. The van der Waals surface area contributed by atoms with Gasteiger partial charge < -0.3 is 14.0 Å². The van der Waals surface area contributed by atoms with Crippen LogP contribution >= 0.6 is 0 Å². The predicted octanol–water partition coefficient (Wildman–Crippen LogP) is 15.6. The Balaban J connectivity index is 1.10. The number of benzene rings is 8. The summed E-state index contributed by atoms with van der Waals surface area (Å²) in [5, 5.41) is 5.03. The fourth-order valence-corrected chi connectivity index (χ4v) is 11.9. The second kappa shape index (κ2) is 12.6. The molecule has 2 heterocycles. The number of para-hydroxylation sites is 3. The van der Waals surface area contributed by atoms with Gasteiger partial charge in [-0.1, -0.05) is 145 Å². The molecule has 2 aliphatic carbocycles. The first-order valence-corrected chi connectivity index (χ1v) is 21.8. The van der Waals surface area contributed by atoms with Crippen molar-refractivity contribution in [1.82, 2.24) is 9.13 Å². The lowest BCUT2D eigenvalue weighted by molar-refractivity contribution is 0.403. The molecule has 296 valence electrons. The first-order chi connectivity index (χ1) is 29.5. The summed E-state index contributed by atoms with van der Waals surface area (Å²) in [7, 11) is 0. The van der Waals surface area contributed by atoms with Gasteiger partial charge in [-0.05, 0) is 123 Å². The molecule has 2 aromatic heterocycles. The van der Waals surface area contributed by atoms with Crippen LogP contribution < -0.4 is 4.90 Å². The molecule has 0 radical (unpaired) electrons. The van der Waals surface area contributed by atoms with E-state index in [2.05, 4.69) is 232 Å². The van der Waals surface area contributed by atoms with Crippen LogP contribution in [0.25, 0.3) is 66.1 Å². The molecule has 0 aliphatic heterocycles. The molecule has 0 amide bonds. The molecule has 2 aliphatic rings. The second-order valence-electron chi connectivity index (χ2n) is 19.3. The first-order valence-electron chi connectivity index (χ1n) is 21.8. The number of rotatable bonds is 5. The topological polar surface area (TPSA) is 13.1 Å². The van der Waals surface area contributed by atoms with E-state index in [9.17, 15) is 0 Å². The van der Waals surface area contributed by atoms with Crippen molar-refractivity contribution in [2.45, 2.75) is 64.2 Å². The zero-order chi connectivity index (χ0) is 41.4. The average molecular weight is 788 g/mol. The van der Waals surface area contributed by atoms with E-state index in [1.807, 2.05) is 0 Å². The summed E-state index contributed by atoms with van der Waals surface area (Å²) in [4.78, 5) is 2.48. The Morgan fingerprint density at radius 2 is 0.934 bits per heavy atom. The van der Waals surface area contributed by atoms with Gasteiger partial charge in [0.25, 0.3) is 0 Å². The number of hydrogen-bond donors (Lipinski definition) is 0. The van der Waals surface area contributed by atoms with Crippen LogP contribution in [-0.2, 0) is 16.2 Å². The number of hydrogen-bond acceptors (Lipinski definition) is 1. The van der Waals surface area contributed by atoms with Crippen molar-refractivity contribution in [1.29, 1.82) is 0 Å². The summed E-state index contributed by atoms with van der Waals surface area (Å²) >= 11 is 0. The number of fused-ring (bicyclic) bond motifs is 10. The fourth-order valence-electron chi connectivity index (χ4n) is 11.9. The maximum Gasteiger partial charge on any atom is 0.0542 e. The van der Waals surface area contributed by atoms with E-state index in [1.54, 1.807) is 0 Å². The maximum atomic E-state index is 2.54. The van der Waals surface area contributed by atoms with E-state index in [4.69, 9.17) is 0 Å². The van der Waals surface area contributed by atoms with E-state index in [0.717, 1.165) is 29.2 Å². The Morgan fingerprint density at radius 3 is 1.67 bits per heavy atom. The fraction of sp³-hybridized carbons (Fsp3) is 0.172. The molecule has 10 aromatic rings. The minimum atomic E-state index is -0.131. The Kier molecular flexibility index (Phi) is 7.44. The van der Waals surface area contributed by atoms with Crippen LogP contribution in [0.2, 0.25) is 0 Å². The van der Waals surface area contributed by atoms with Gasteiger partial charge >= 0.3 is 0 Å². The van der Waals surface area contributed by atoms with E-state index < -0.39 is 0 Å². The van der Waals surface area contributed by atoms with Crippen LogP contribution in [-0.4, -0.2) is 9.13 Å². The van der Waals surface area contributed by atoms with Crippen LogP contribution in [0.4, 0.5) is 17.1 Å². The van der Waals surface area contributed by atoms with Crippen molar-refractivity contribution in [3.63, 3.8) is 0 Å². The molecule has 0 N–H and O–H groups in total. The number of anilines is 3. The summed E-state index contributed by atoms with van der Waals surface area (Å²) < 4.78 is 4.96. The molecule has 61 heavy (non-hydrogen) atoms. The van der Waals surface area contributed by atoms with Gasteiger partial charge in [-0.15, -0.1) is 0 Å². The van der Waals surface area contributed by atoms with E-state index in [1.165, 1.54) is 82.7 Å². The lowest BCUT2D eigenvalue weighted by Crippen LogP contribution is -2.18. The summed E-state index contributed by atoms with van der Waals surface area (Å²) in [6, 6.07) is 65.8. The zero-order valence-corrected chi connectivity index (χ0v) is 35.8. The van der Waals surface area contributed by atoms with Crippen LogP contribution in [0, 0.1) is 0 Å². The van der Waals surface area contributed by atoms with Crippen molar-refractivity contribution < 1.29 is 0 Å². The van der Waals surface area contributed by atoms with Gasteiger partial charge in [0.15, 0.2) is 0 Å². The zero-order valence-electron chi connectivity index (χ0n) is 35.8. The van der Waals surface area contributed by atoms with Gasteiger partial charge in [-0.2, -0.15) is 0 Å². The molecular formula is C58H49N3. The molecule has 0 unspecified atom stereocenters. The number of aromatic nitrogens is 2. The Morgan fingerprint density at radius 1 is 0.393 bits per heavy atom. The quantitative estimate of drug-likeness (QED) is 0.169. The standard InChI is InChI=1S/C58H49N3/c1-56(2)36-57(3,4)55-48(56)24-16-28-54(55)61-52-27-14-10-22-45(52)46-34-39(30-32-53(46)61)59(40-29-31-42-41-19-7-11-23-47(41)58(5,6)49(42)35-40)37-17-15-18-38(33-37)60-50-25-12-8-20-43(50)44-21-9-13-26-51(44)60/h7-35H,36H2,1-6H3. The van der Waals surface area contributed by atoms with Gasteiger partial charge in [-0.3, -0.25) is 0 Å². The average Bonchev–Trinajstić information content (AvgIpc) is 3.92. The summed E-state index contributed by atoms with van der Waals surface area (Å²) in [5.74, 6) is 0. The summed E-state index contributed by atoms with van der Waals surface area (Å²) in [5.41, 5.74) is 19.1. The normalized spacial score (nSPS) is 15.7. The monoisotopic (exact) mass is 787 g/mol. The highest BCUT2D eigenvalue weighted by molar-refractivity contribution is 6.11. The SMILES string of the molecule is CC1(C)CC(C)(C)c2c(-n3c4ccccc4c4cc(N(c5cccc(-n6c7ccccc7c7ccccc76)c5)c5ccc6c(c5)C(C)(C)c5ccccc5-6)ccc43)cccc21. The second-order valence-corrected chi connectivity index (χ2v) is 19.3. The molecule has 3 nitrogen and oxygen atoms in total. The molecule has 3 heteroatoms. The molecule has 0 atom stereocenters. The third kappa shape index (κ3) is 5.10. The van der Waals surface area contributed by atoms with Crippen molar-refractivity contribution in [3.05, 3.63) is 198 Å². The molecule has 8 aromatic carbocycles. The van der Waals surface area contributed by atoms with E-state index >= 15 is 0 Å². The summed E-state index contributed by atoms with van der Waals surface area (Å²) in [6.45, 7) is 14.4. The minimum Gasteiger partial charge on any atom is -0.310 e. The van der Waals surface area contributed by atoms with Crippen LogP contribution in [0.3, 0.4) is 0 Å². The Bertz CT molecular complexity index is 3390. The maximum absolute atomic E-state index is 2.54. The molecular weight excluding hydrogens is 739 g/mol. The van der Waals surface area contributed by atoms with Crippen LogP contribution in [0.1, 0.15) is 70.2 Å². The van der Waals surface area contributed by atoms with Gasteiger partial charge in [0.05, 0.1) is 27.8 Å². The van der Waals surface area contributed by atoms with Gasteiger partial charge in [0.1, 0.15) is 0 Å². The lowest BCUT2D eigenvalue weighted by atomic mass is 9.81. The van der Waals surface area contributed by atoms with Crippen molar-refractivity contribution >= 4 is 60.7 Å². The van der Waals surface area contributed by atoms with Crippen LogP contribution in [0.15, 0.2) is 176 Å². The molecule has 0 bridgehead atoms. The minimum absolute atomic E-state index is 0.0479. The Hall–Kier alpha value is -6.84. The molecule has 0 fully saturated rings. The highest BCUT2D eigenvalue weighted by Gasteiger charge is 2.44.